The standard InChI is InChI=1S/C33H51N7O11/c1-16(2)13-20(34)28(45)36-21(11-12-24(35)42)29(46)37-23(15-25(43)44)31(48)39-26(17(3)4)32(49)38-22(14-19-9-7-6-8-10-19)30(47)40-27(18(5)41)33(50)51/h6-10,16-18,20-23,26-27,41H,11-15,34H2,1-5H3,(H2,35,42)(H,36,45)(H,37,46)(H,38,49)(H,39,48)(H,40,47)(H,43,44)(H,50,51)/t18-,20+,21+,22+,23+,26+,27+/m1/s1. The molecule has 1 rings (SSSR count). The third-order valence-electron chi connectivity index (χ3n) is 7.59. The summed E-state index contributed by atoms with van der Waals surface area (Å²) in [7, 11) is 0. The first-order valence-electron chi connectivity index (χ1n) is 16.5. The molecule has 51 heavy (non-hydrogen) atoms. The third kappa shape index (κ3) is 16.0. The molecule has 0 aliphatic carbocycles. The maximum Gasteiger partial charge on any atom is 0.328 e. The average molecular weight is 722 g/mol. The van der Waals surface area contributed by atoms with Gasteiger partial charge in [0.1, 0.15) is 24.2 Å². The lowest BCUT2D eigenvalue weighted by Gasteiger charge is -2.28. The zero-order valence-corrected chi connectivity index (χ0v) is 29.4. The van der Waals surface area contributed by atoms with Crippen LogP contribution in [-0.2, 0) is 44.8 Å². The minimum absolute atomic E-state index is 0.0345. The lowest BCUT2D eigenvalue weighted by molar-refractivity contribution is -0.145. The summed E-state index contributed by atoms with van der Waals surface area (Å²) < 4.78 is 0. The van der Waals surface area contributed by atoms with Gasteiger partial charge >= 0.3 is 11.9 Å². The Morgan fingerprint density at radius 3 is 1.69 bits per heavy atom. The topological polar surface area (TPSA) is 309 Å². The number of aliphatic carboxylic acids is 2. The summed E-state index contributed by atoms with van der Waals surface area (Å²) in [5, 5.41) is 40.6. The molecule has 0 aliphatic rings. The van der Waals surface area contributed by atoms with Crippen LogP contribution in [-0.4, -0.2) is 105 Å². The van der Waals surface area contributed by atoms with Gasteiger partial charge in [0.05, 0.1) is 18.6 Å². The normalized spacial score (nSPS) is 15.2. The molecular formula is C33H51N7O11. The number of aliphatic hydroxyl groups excluding tert-OH is 1. The predicted octanol–water partition coefficient (Wildman–Crippen LogP) is -2.11. The number of aliphatic hydroxyl groups is 1. The Hall–Kier alpha value is -5.10. The molecule has 18 heteroatoms. The molecule has 0 bridgehead atoms. The van der Waals surface area contributed by atoms with Crippen LogP contribution in [0.1, 0.15) is 65.9 Å². The van der Waals surface area contributed by atoms with Crippen LogP contribution in [0.5, 0.6) is 0 Å². The van der Waals surface area contributed by atoms with Gasteiger partial charge in [-0.3, -0.25) is 33.6 Å². The molecule has 284 valence electrons. The van der Waals surface area contributed by atoms with E-state index in [1.807, 2.05) is 13.8 Å². The van der Waals surface area contributed by atoms with Gasteiger partial charge in [-0.25, -0.2) is 4.79 Å². The first-order valence-corrected chi connectivity index (χ1v) is 16.5. The van der Waals surface area contributed by atoms with E-state index in [0.29, 0.717) is 5.56 Å². The number of nitrogens with two attached hydrogens (primary N) is 2. The van der Waals surface area contributed by atoms with E-state index in [1.165, 1.54) is 0 Å². The lowest BCUT2D eigenvalue weighted by Crippen LogP contribution is -2.61. The molecule has 1 aromatic rings. The number of carbonyl (C=O) groups excluding carboxylic acids is 6. The Kier molecular flexibility index (Phi) is 18.3. The van der Waals surface area contributed by atoms with E-state index in [2.05, 4.69) is 26.6 Å². The second-order valence-corrected chi connectivity index (χ2v) is 13.0. The molecule has 0 heterocycles. The van der Waals surface area contributed by atoms with E-state index < -0.39 is 102 Å². The van der Waals surface area contributed by atoms with Crippen LogP contribution in [0, 0.1) is 11.8 Å². The van der Waals surface area contributed by atoms with Crippen molar-refractivity contribution < 1.29 is 53.7 Å². The van der Waals surface area contributed by atoms with Gasteiger partial charge in [0.2, 0.25) is 35.4 Å². The fourth-order valence-corrected chi connectivity index (χ4v) is 4.86. The zero-order chi connectivity index (χ0) is 39.0. The molecule has 1 aromatic carbocycles. The Labute approximate surface area is 295 Å². The number of carbonyl (C=O) groups is 8. The van der Waals surface area contributed by atoms with Crippen LogP contribution in [0.4, 0.5) is 0 Å². The minimum atomic E-state index is -1.77. The molecule has 6 amide bonds. The van der Waals surface area contributed by atoms with Gasteiger partial charge in [0, 0.05) is 12.8 Å². The van der Waals surface area contributed by atoms with Crippen molar-refractivity contribution in [2.75, 3.05) is 0 Å². The van der Waals surface area contributed by atoms with Gasteiger partial charge in [-0.15, -0.1) is 0 Å². The van der Waals surface area contributed by atoms with E-state index in [-0.39, 0.29) is 31.6 Å². The summed E-state index contributed by atoms with van der Waals surface area (Å²) in [4.78, 5) is 101. The van der Waals surface area contributed by atoms with Gasteiger partial charge in [-0.1, -0.05) is 58.0 Å². The van der Waals surface area contributed by atoms with Crippen molar-refractivity contribution in [2.45, 2.75) is 109 Å². The summed E-state index contributed by atoms with van der Waals surface area (Å²) in [5.41, 5.74) is 11.7. The number of amides is 6. The quantitative estimate of drug-likeness (QED) is 0.0615. The van der Waals surface area contributed by atoms with Crippen molar-refractivity contribution in [3.63, 3.8) is 0 Å². The molecule has 0 aliphatic heterocycles. The fraction of sp³-hybridized carbons (Fsp3) is 0.576. The number of hydrogen-bond donors (Lipinski definition) is 10. The van der Waals surface area contributed by atoms with Crippen LogP contribution < -0.4 is 38.1 Å². The van der Waals surface area contributed by atoms with Crippen LogP contribution in [0.25, 0.3) is 0 Å². The predicted molar refractivity (Wildman–Crippen MR) is 182 cm³/mol. The van der Waals surface area contributed by atoms with E-state index in [4.69, 9.17) is 11.5 Å². The maximum atomic E-state index is 13.6. The largest absolute Gasteiger partial charge is 0.481 e. The van der Waals surface area contributed by atoms with Crippen molar-refractivity contribution in [2.24, 2.45) is 23.3 Å². The molecule has 0 saturated carbocycles. The summed E-state index contributed by atoms with van der Waals surface area (Å²) in [5.74, 6) is -9.10. The van der Waals surface area contributed by atoms with Gasteiger partial charge in [0.15, 0.2) is 6.04 Å². The van der Waals surface area contributed by atoms with Crippen LogP contribution in [0.2, 0.25) is 0 Å². The van der Waals surface area contributed by atoms with Gasteiger partial charge < -0.3 is 53.4 Å². The molecule has 0 fully saturated rings. The van der Waals surface area contributed by atoms with Crippen molar-refractivity contribution in [3.05, 3.63) is 35.9 Å². The Morgan fingerprint density at radius 1 is 0.686 bits per heavy atom. The molecular weight excluding hydrogens is 670 g/mol. The Bertz CT molecular complexity index is 1390. The minimum Gasteiger partial charge on any atom is -0.481 e. The summed E-state index contributed by atoms with van der Waals surface area (Å²) in [6.07, 6.45) is -2.90. The van der Waals surface area contributed by atoms with E-state index in [1.54, 1.807) is 44.2 Å². The second kappa shape index (κ2) is 21.2. The molecule has 7 atom stereocenters. The van der Waals surface area contributed by atoms with Gasteiger partial charge in [-0.05, 0) is 37.2 Å². The first kappa shape index (κ1) is 43.9. The highest BCUT2D eigenvalue weighted by atomic mass is 16.4. The van der Waals surface area contributed by atoms with E-state index >= 15 is 0 Å². The van der Waals surface area contributed by atoms with Crippen LogP contribution in [0.3, 0.4) is 0 Å². The van der Waals surface area contributed by atoms with E-state index in [9.17, 15) is 53.7 Å². The number of hydrogen-bond acceptors (Lipinski definition) is 10. The second-order valence-electron chi connectivity index (χ2n) is 13.0. The van der Waals surface area contributed by atoms with Gasteiger partial charge in [0.25, 0.3) is 0 Å². The summed E-state index contributed by atoms with van der Waals surface area (Å²) >= 11 is 0. The summed E-state index contributed by atoms with van der Waals surface area (Å²) in [6, 6.07) is -0.285. The van der Waals surface area contributed by atoms with Crippen molar-refractivity contribution >= 4 is 47.4 Å². The highest BCUT2D eigenvalue weighted by molar-refractivity contribution is 5.97. The molecule has 0 unspecified atom stereocenters. The highest BCUT2D eigenvalue weighted by Gasteiger charge is 2.35. The smallest absolute Gasteiger partial charge is 0.328 e. The number of rotatable bonds is 22. The average Bonchev–Trinajstić information content (AvgIpc) is 3.02. The molecule has 18 nitrogen and oxygen atoms in total. The monoisotopic (exact) mass is 721 g/mol. The van der Waals surface area contributed by atoms with E-state index in [0.717, 1.165) is 6.92 Å². The van der Waals surface area contributed by atoms with Crippen LogP contribution >= 0.6 is 0 Å². The number of nitrogens with one attached hydrogen (secondary N) is 5. The SMILES string of the molecule is CC(C)C[C@H](N)C(=O)N[C@@H](CCC(N)=O)C(=O)N[C@@H](CC(=O)O)C(=O)N[C@H](C(=O)N[C@@H](Cc1ccccc1)C(=O)N[C@H](C(=O)O)[C@@H](C)O)C(C)C. The first-order chi connectivity index (χ1) is 23.7. The number of carboxylic acid groups (broad SMARTS) is 2. The zero-order valence-electron chi connectivity index (χ0n) is 29.4. The molecule has 0 saturated heterocycles. The fourth-order valence-electron chi connectivity index (χ4n) is 4.86. The van der Waals surface area contributed by atoms with Crippen molar-refractivity contribution in [3.8, 4) is 0 Å². The Morgan fingerprint density at radius 2 is 1.20 bits per heavy atom. The number of primary amides is 1. The maximum absolute atomic E-state index is 13.6. The van der Waals surface area contributed by atoms with Crippen molar-refractivity contribution in [1.29, 1.82) is 0 Å². The van der Waals surface area contributed by atoms with Crippen LogP contribution in [0.15, 0.2) is 30.3 Å². The molecule has 12 N–H and O–H groups in total. The lowest BCUT2D eigenvalue weighted by atomic mass is 10.00. The Balaban J connectivity index is 3.29. The molecule has 0 radical (unpaired) electrons. The third-order valence-corrected chi connectivity index (χ3v) is 7.59. The highest BCUT2D eigenvalue weighted by Crippen LogP contribution is 2.10. The number of benzene rings is 1. The summed E-state index contributed by atoms with van der Waals surface area (Å²) in [6.45, 7) is 7.91. The van der Waals surface area contributed by atoms with Gasteiger partial charge in [-0.2, -0.15) is 0 Å². The van der Waals surface area contributed by atoms with Crippen molar-refractivity contribution in [1.82, 2.24) is 26.6 Å². The number of carboxylic acids is 2. The molecule has 0 spiro atoms. The molecule has 0 aromatic heterocycles.